The van der Waals surface area contributed by atoms with Crippen molar-refractivity contribution in [2.24, 2.45) is 0 Å². The van der Waals surface area contributed by atoms with Gasteiger partial charge in [0.2, 0.25) is 0 Å². The Labute approximate surface area is 140 Å². The number of rotatable bonds is 6. The fraction of sp³-hybridized carbons (Fsp3) is 0.250. The molecule has 0 fully saturated rings. The van der Waals surface area contributed by atoms with E-state index in [1.165, 1.54) is 6.07 Å². The van der Waals surface area contributed by atoms with Gasteiger partial charge in [0.05, 0.1) is 11.1 Å². The third kappa shape index (κ3) is 4.20. The van der Waals surface area contributed by atoms with Gasteiger partial charge in [0.25, 0.3) is 0 Å². The van der Waals surface area contributed by atoms with Crippen molar-refractivity contribution in [2.75, 3.05) is 6.61 Å². The van der Waals surface area contributed by atoms with Gasteiger partial charge in [-0.25, -0.2) is 4.39 Å². The van der Waals surface area contributed by atoms with Gasteiger partial charge in [0.15, 0.2) is 11.5 Å². The Hall–Kier alpha value is -1.07. The maximum absolute atomic E-state index is 13.5. The third-order valence-electron chi connectivity index (χ3n) is 2.88. The molecule has 0 saturated heterocycles. The molecule has 0 aliphatic carbocycles. The smallest absolute Gasteiger partial charge is 0.161 e. The van der Waals surface area contributed by atoms with Crippen LogP contribution in [0.4, 0.5) is 4.39 Å². The molecule has 2 aromatic rings. The largest absolute Gasteiger partial charge is 0.490 e. The van der Waals surface area contributed by atoms with Gasteiger partial charge in [-0.1, -0.05) is 34.1 Å². The van der Waals surface area contributed by atoms with E-state index in [9.17, 15) is 4.39 Å². The summed E-state index contributed by atoms with van der Waals surface area (Å²) in [6.45, 7) is 2.76. The molecule has 0 unspecified atom stereocenters. The summed E-state index contributed by atoms with van der Waals surface area (Å²) in [5.74, 6) is 1.05. The minimum Gasteiger partial charge on any atom is -0.490 e. The Morgan fingerprint density at radius 3 is 2.62 bits per heavy atom. The van der Waals surface area contributed by atoms with E-state index in [1.807, 2.05) is 31.2 Å². The van der Waals surface area contributed by atoms with Crippen LogP contribution in [0.25, 0.3) is 0 Å². The predicted octanol–water partition coefficient (Wildman–Crippen LogP) is 5.46. The summed E-state index contributed by atoms with van der Waals surface area (Å²) in [6, 6.07) is 10.7. The average Bonchev–Trinajstić information content (AvgIpc) is 2.50. The van der Waals surface area contributed by atoms with Gasteiger partial charge in [-0.05, 0) is 46.6 Å². The quantitative estimate of drug-likeness (QED) is 0.581. The SMILES string of the molecule is CCOc1cc(CBr)ccc1OCc1cccc(F)c1Br. The highest BCUT2D eigenvalue weighted by molar-refractivity contribution is 9.10. The second-order valence-corrected chi connectivity index (χ2v) is 5.70. The molecule has 2 aromatic carbocycles. The summed E-state index contributed by atoms with van der Waals surface area (Å²) < 4.78 is 25.3. The van der Waals surface area contributed by atoms with Crippen LogP contribution in [0.1, 0.15) is 18.1 Å². The Kier molecular flexibility index (Phi) is 6.06. The molecule has 0 aliphatic heterocycles. The molecule has 0 saturated carbocycles. The minimum atomic E-state index is -0.296. The fourth-order valence-electron chi connectivity index (χ4n) is 1.84. The van der Waals surface area contributed by atoms with Crippen LogP contribution in [0.5, 0.6) is 11.5 Å². The van der Waals surface area contributed by atoms with E-state index in [0.29, 0.717) is 22.6 Å². The standard InChI is InChI=1S/C16H15Br2FO2/c1-2-20-15-8-11(9-17)6-7-14(15)21-10-12-4-3-5-13(19)16(12)18/h3-8H,2,9-10H2,1H3. The summed E-state index contributed by atoms with van der Waals surface area (Å²) in [7, 11) is 0. The van der Waals surface area contributed by atoms with Gasteiger partial charge in [0, 0.05) is 10.9 Å². The number of halogens is 3. The van der Waals surface area contributed by atoms with E-state index in [0.717, 1.165) is 16.5 Å². The van der Waals surface area contributed by atoms with Crippen molar-refractivity contribution in [3.63, 3.8) is 0 Å². The first-order valence-electron chi connectivity index (χ1n) is 6.53. The number of alkyl halides is 1. The molecule has 0 N–H and O–H groups in total. The zero-order valence-electron chi connectivity index (χ0n) is 11.5. The summed E-state index contributed by atoms with van der Waals surface area (Å²) in [6.07, 6.45) is 0. The minimum absolute atomic E-state index is 0.270. The molecule has 0 amide bonds. The Morgan fingerprint density at radius 2 is 1.90 bits per heavy atom. The van der Waals surface area contributed by atoms with Crippen LogP contribution in [-0.2, 0) is 11.9 Å². The molecule has 2 nitrogen and oxygen atoms in total. The molecule has 0 bridgehead atoms. The molecule has 0 radical (unpaired) electrons. The van der Waals surface area contributed by atoms with Crippen molar-refractivity contribution in [2.45, 2.75) is 18.9 Å². The second-order valence-electron chi connectivity index (χ2n) is 4.35. The number of hydrogen-bond acceptors (Lipinski definition) is 2. The van der Waals surface area contributed by atoms with Gasteiger partial charge in [-0.3, -0.25) is 0 Å². The molecule has 21 heavy (non-hydrogen) atoms. The first-order chi connectivity index (χ1) is 10.2. The number of hydrogen-bond donors (Lipinski definition) is 0. The zero-order valence-corrected chi connectivity index (χ0v) is 14.7. The van der Waals surface area contributed by atoms with E-state index in [-0.39, 0.29) is 12.4 Å². The maximum atomic E-state index is 13.5. The monoisotopic (exact) mass is 416 g/mol. The Morgan fingerprint density at radius 1 is 1.10 bits per heavy atom. The lowest BCUT2D eigenvalue weighted by molar-refractivity contribution is 0.268. The summed E-state index contributed by atoms with van der Waals surface area (Å²) in [4.78, 5) is 0. The zero-order chi connectivity index (χ0) is 15.2. The lowest BCUT2D eigenvalue weighted by Crippen LogP contribution is -2.01. The predicted molar refractivity (Wildman–Crippen MR) is 88.7 cm³/mol. The molecule has 0 heterocycles. The van der Waals surface area contributed by atoms with Crippen molar-refractivity contribution >= 4 is 31.9 Å². The van der Waals surface area contributed by atoms with Crippen LogP contribution < -0.4 is 9.47 Å². The number of ether oxygens (including phenoxy) is 2. The van der Waals surface area contributed by atoms with E-state index in [1.54, 1.807) is 6.07 Å². The molecular weight excluding hydrogens is 403 g/mol. The summed E-state index contributed by atoms with van der Waals surface area (Å²) >= 11 is 6.65. The average molecular weight is 418 g/mol. The lowest BCUT2D eigenvalue weighted by Gasteiger charge is -2.13. The van der Waals surface area contributed by atoms with Crippen molar-refractivity contribution in [1.29, 1.82) is 0 Å². The van der Waals surface area contributed by atoms with Crippen LogP contribution in [0.15, 0.2) is 40.9 Å². The van der Waals surface area contributed by atoms with Crippen molar-refractivity contribution < 1.29 is 13.9 Å². The molecule has 5 heteroatoms. The van der Waals surface area contributed by atoms with Gasteiger partial charge >= 0.3 is 0 Å². The molecule has 0 aromatic heterocycles. The Balaban J connectivity index is 2.17. The highest BCUT2D eigenvalue weighted by Crippen LogP contribution is 2.31. The molecule has 0 aliphatic rings. The van der Waals surface area contributed by atoms with E-state index >= 15 is 0 Å². The van der Waals surface area contributed by atoms with E-state index < -0.39 is 0 Å². The van der Waals surface area contributed by atoms with Crippen LogP contribution in [0.2, 0.25) is 0 Å². The van der Waals surface area contributed by atoms with Gasteiger partial charge in [-0.2, -0.15) is 0 Å². The first-order valence-corrected chi connectivity index (χ1v) is 8.44. The maximum Gasteiger partial charge on any atom is 0.161 e. The molecule has 0 spiro atoms. The fourth-order valence-corrected chi connectivity index (χ4v) is 2.57. The van der Waals surface area contributed by atoms with Crippen LogP contribution in [0.3, 0.4) is 0 Å². The summed E-state index contributed by atoms with van der Waals surface area (Å²) in [5, 5.41) is 0.753. The van der Waals surface area contributed by atoms with Crippen LogP contribution >= 0.6 is 31.9 Å². The molecule has 112 valence electrons. The van der Waals surface area contributed by atoms with Gasteiger partial charge < -0.3 is 9.47 Å². The van der Waals surface area contributed by atoms with Gasteiger partial charge in [0.1, 0.15) is 12.4 Å². The highest BCUT2D eigenvalue weighted by atomic mass is 79.9. The van der Waals surface area contributed by atoms with Crippen LogP contribution in [-0.4, -0.2) is 6.61 Å². The van der Waals surface area contributed by atoms with E-state index in [2.05, 4.69) is 31.9 Å². The molecular formula is C16H15Br2FO2. The van der Waals surface area contributed by atoms with Crippen LogP contribution in [0, 0.1) is 5.82 Å². The summed E-state index contributed by atoms with van der Waals surface area (Å²) in [5.41, 5.74) is 1.86. The Bertz CT molecular complexity index is 617. The third-order valence-corrected chi connectivity index (χ3v) is 4.41. The molecule has 2 rings (SSSR count). The van der Waals surface area contributed by atoms with Crippen molar-refractivity contribution in [3.8, 4) is 11.5 Å². The normalized spacial score (nSPS) is 10.5. The van der Waals surface area contributed by atoms with Crippen molar-refractivity contribution in [1.82, 2.24) is 0 Å². The van der Waals surface area contributed by atoms with Crippen molar-refractivity contribution in [3.05, 3.63) is 57.8 Å². The second kappa shape index (κ2) is 7.80. The lowest BCUT2D eigenvalue weighted by atomic mass is 10.2. The highest BCUT2D eigenvalue weighted by Gasteiger charge is 2.09. The number of benzene rings is 2. The first kappa shape index (κ1) is 16.3. The van der Waals surface area contributed by atoms with Gasteiger partial charge in [-0.15, -0.1) is 0 Å². The topological polar surface area (TPSA) is 18.5 Å². The van der Waals surface area contributed by atoms with E-state index in [4.69, 9.17) is 9.47 Å². The molecule has 0 atom stereocenters.